The summed E-state index contributed by atoms with van der Waals surface area (Å²) < 4.78 is 127. The average molecular weight is 1080 g/mol. The van der Waals surface area contributed by atoms with Gasteiger partial charge in [0.25, 0.3) is 0 Å². The van der Waals surface area contributed by atoms with E-state index in [-0.39, 0.29) is 42.8 Å². The number of unbranched alkanes of at least 4 members (excludes halogenated alkanes) is 4. The second-order valence-corrected chi connectivity index (χ2v) is 19.0. The fraction of sp³-hybridized carbons (Fsp3) is 0.450. The Kier molecular flexibility index (Phi) is 21.6. The summed E-state index contributed by atoms with van der Waals surface area (Å²) in [5, 5.41) is 1.29. The third kappa shape index (κ3) is 17.8. The second-order valence-electron chi connectivity index (χ2n) is 19.0. The lowest BCUT2D eigenvalue weighted by Gasteiger charge is -2.27. The Hall–Kier alpha value is -6.43. The summed E-state index contributed by atoms with van der Waals surface area (Å²) in [7, 11) is 0. The number of carbonyl (C=O) groups excluding carboxylic acids is 1. The van der Waals surface area contributed by atoms with E-state index in [0.29, 0.717) is 33.4 Å². The first-order valence-electron chi connectivity index (χ1n) is 26.4. The number of carbonyl (C=O) groups is 1. The van der Waals surface area contributed by atoms with Crippen molar-refractivity contribution in [2.24, 2.45) is 0 Å². The molecular formula is C60H68F6O11. The highest BCUT2D eigenvalue weighted by molar-refractivity contribution is 5.87. The first kappa shape index (κ1) is 59.8. The van der Waals surface area contributed by atoms with Crippen molar-refractivity contribution in [2.75, 3.05) is 26.4 Å². The highest BCUT2D eigenvalue weighted by atomic mass is 19.3. The monoisotopic (exact) mass is 1080 g/mol. The number of hydrogen-bond donors (Lipinski definition) is 0. The Morgan fingerprint density at radius 3 is 1.45 bits per heavy atom. The smallest absolute Gasteiger partial charge is 0.493 e. The Morgan fingerprint density at radius 2 is 1.03 bits per heavy atom. The number of hydrogen-bond acceptors (Lipinski definition) is 11. The van der Waals surface area contributed by atoms with Crippen LogP contribution >= 0.6 is 0 Å². The Bertz CT molecular complexity index is 2890. The third-order valence-electron chi connectivity index (χ3n) is 12.9. The molecule has 4 aromatic carbocycles. The maximum Gasteiger partial charge on any atom is 0.494 e. The van der Waals surface area contributed by atoms with Gasteiger partial charge in [-0.15, -0.1) is 8.78 Å². The fourth-order valence-electron chi connectivity index (χ4n) is 8.74. The summed E-state index contributed by atoms with van der Waals surface area (Å²) >= 11 is 0. The number of rotatable bonds is 32. The van der Waals surface area contributed by atoms with E-state index in [2.05, 4.69) is 46.8 Å². The lowest BCUT2D eigenvalue weighted by molar-refractivity contribution is -0.515. The molecule has 6 aromatic rings. The van der Waals surface area contributed by atoms with E-state index in [1.807, 2.05) is 38.1 Å². The van der Waals surface area contributed by atoms with Crippen LogP contribution in [-0.2, 0) is 49.4 Å². The van der Waals surface area contributed by atoms with Crippen LogP contribution in [0.4, 0.5) is 26.3 Å². The molecule has 0 aliphatic heterocycles. The number of benzene rings is 4. The van der Waals surface area contributed by atoms with Crippen LogP contribution < -0.4 is 20.7 Å². The van der Waals surface area contributed by atoms with Crippen LogP contribution in [0.2, 0.25) is 0 Å². The summed E-state index contributed by atoms with van der Waals surface area (Å²) in [6.07, 6.45) is -8.81. The van der Waals surface area contributed by atoms with Crippen molar-refractivity contribution in [3.63, 3.8) is 0 Å². The molecule has 0 aliphatic rings. The van der Waals surface area contributed by atoms with Crippen LogP contribution in [0.5, 0.6) is 11.5 Å². The molecule has 0 saturated heterocycles. The summed E-state index contributed by atoms with van der Waals surface area (Å²) in [5.74, 6) is -0.441. The fourth-order valence-corrected chi connectivity index (χ4v) is 8.74. The van der Waals surface area contributed by atoms with Gasteiger partial charge in [-0.25, -0.2) is 23.9 Å². The van der Waals surface area contributed by atoms with E-state index < -0.39 is 67.9 Å². The molecule has 0 spiro atoms. The van der Waals surface area contributed by atoms with E-state index >= 15 is 0 Å². The molecule has 6 rings (SSSR count). The molecule has 0 N–H and O–H groups in total. The molecule has 416 valence electrons. The first-order valence-corrected chi connectivity index (χ1v) is 26.4. The van der Waals surface area contributed by atoms with Crippen LogP contribution in [0.1, 0.15) is 121 Å². The van der Waals surface area contributed by atoms with Gasteiger partial charge in [0.05, 0.1) is 56.5 Å². The largest absolute Gasteiger partial charge is 0.494 e. The number of esters is 1. The molecule has 0 bridgehead atoms. The van der Waals surface area contributed by atoms with Gasteiger partial charge in [-0.2, -0.15) is 17.6 Å². The van der Waals surface area contributed by atoms with Crippen molar-refractivity contribution >= 4 is 27.9 Å². The minimum absolute atomic E-state index is 0.0429. The molecule has 17 heteroatoms. The van der Waals surface area contributed by atoms with E-state index in [4.69, 9.17) is 23.0 Å². The molecular weight excluding hydrogens is 1010 g/mol. The second kappa shape index (κ2) is 27.8. The molecule has 2 aromatic heterocycles. The highest BCUT2D eigenvalue weighted by Crippen LogP contribution is 2.37. The molecule has 0 saturated carbocycles. The Labute approximate surface area is 444 Å². The van der Waals surface area contributed by atoms with Crippen LogP contribution in [0.3, 0.4) is 0 Å². The number of aryl methyl sites for hydroxylation is 4. The maximum atomic E-state index is 14.8. The van der Waals surface area contributed by atoms with E-state index in [1.165, 1.54) is 18.1 Å². The van der Waals surface area contributed by atoms with Crippen molar-refractivity contribution < 1.29 is 68.4 Å². The molecule has 0 unspecified atom stereocenters. The van der Waals surface area contributed by atoms with Crippen LogP contribution in [0, 0.1) is 0 Å². The van der Waals surface area contributed by atoms with Crippen molar-refractivity contribution in [3.05, 3.63) is 140 Å². The first-order chi connectivity index (χ1) is 36.7. The highest BCUT2D eigenvalue weighted by Gasteiger charge is 2.52. The number of alkyl halides is 6. The zero-order valence-electron chi connectivity index (χ0n) is 44.4. The maximum absolute atomic E-state index is 14.8. The van der Waals surface area contributed by atoms with Gasteiger partial charge in [-0.1, -0.05) is 96.4 Å². The minimum Gasteiger partial charge on any atom is -0.493 e. The summed E-state index contributed by atoms with van der Waals surface area (Å²) in [4.78, 5) is 38.2. The van der Waals surface area contributed by atoms with Gasteiger partial charge in [-0.3, -0.25) is 0 Å². The van der Waals surface area contributed by atoms with E-state index in [0.717, 1.165) is 86.5 Å². The van der Waals surface area contributed by atoms with Gasteiger partial charge in [0.15, 0.2) is 0 Å². The zero-order valence-corrected chi connectivity index (χ0v) is 44.4. The molecule has 0 atom stereocenters. The van der Waals surface area contributed by atoms with E-state index in [9.17, 15) is 40.7 Å². The molecule has 77 heavy (non-hydrogen) atoms. The molecule has 0 amide bonds. The van der Waals surface area contributed by atoms with Crippen molar-refractivity contribution in [1.82, 2.24) is 0 Å². The van der Waals surface area contributed by atoms with E-state index in [1.54, 1.807) is 48.5 Å². The molecule has 0 aliphatic carbocycles. The third-order valence-corrected chi connectivity index (χ3v) is 12.9. The standard InChI is InChI=1S/C60H68F6O11/c1-7-11-13-15-40-17-23-49(42(9-3)33-40)51-35-44-19-21-47(37-53(44)74-56(51)68)70-29-25-46(72-31-27-58(61,62)76-60(65,66)77-59(63,64)28-32-73-55(67)39(5)6)26-30-71-48-22-20-45-36-52(57(69)75-54(45)38-48)50-24-18-41(16-14-12-8-2)34-43(50)10-4/h17-24,33-38,46H,5,7-16,25-32H2,1-4,6H3. The normalized spacial score (nSPS) is 12.2. The van der Waals surface area contributed by atoms with Gasteiger partial charge in [0, 0.05) is 41.3 Å². The SMILES string of the molecule is C=C(C)C(=O)OCCC(F)(F)OC(F)(F)OC(F)(F)CCOC(CCOc1ccc2cc(-c3ccc(CCCCC)cc3CC)c(=O)oc2c1)CCOc1ccc2cc(-c3ccc(CCCCC)cc3CC)c(=O)oc2c1. The lowest BCUT2D eigenvalue weighted by atomic mass is 9.94. The lowest BCUT2D eigenvalue weighted by Crippen LogP contribution is -2.41. The Balaban J connectivity index is 1.12. The summed E-state index contributed by atoms with van der Waals surface area (Å²) in [6, 6.07) is 25.7. The van der Waals surface area contributed by atoms with Gasteiger partial charge in [-0.05, 0) is 115 Å². The van der Waals surface area contributed by atoms with Gasteiger partial charge < -0.3 is 27.8 Å². The number of fused-ring (bicyclic) bond motifs is 2. The zero-order chi connectivity index (χ0) is 55.8. The molecule has 0 radical (unpaired) electrons. The summed E-state index contributed by atoms with van der Waals surface area (Å²) in [6.45, 7) is 10.8. The van der Waals surface area contributed by atoms with Crippen molar-refractivity contribution in [1.29, 1.82) is 0 Å². The Morgan fingerprint density at radius 1 is 0.571 bits per heavy atom. The van der Waals surface area contributed by atoms with Crippen LogP contribution in [0.25, 0.3) is 44.2 Å². The molecule has 11 nitrogen and oxygen atoms in total. The van der Waals surface area contributed by atoms with Gasteiger partial charge in [0.1, 0.15) is 22.7 Å². The van der Waals surface area contributed by atoms with Crippen LogP contribution in [-0.4, -0.2) is 57.0 Å². The predicted octanol–water partition coefficient (Wildman–Crippen LogP) is 15.1. The average Bonchev–Trinajstić information content (AvgIpc) is 3.38. The summed E-state index contributed by atoms with van der Waals surface area (Å²) in [5.41, 5.74) is 6.26. The van der Waals surface area contributed by atoms with Gasteiger partial charge >= 0.3 is 35.7 Å². The predicted molar refractivity (Wildman–Crippen MR) is 283 cm³/mol. The van der Waals surface area contributed by atoms with Crippen LogP contribution in [0.15, 0.2) is 116 Å². The van der Waals surface area contributed by atoms with Gasteiger partial charge in [0.2, 0.25) is 0 Å². The quantitative estimate of drug-likeness (QED) is 0.00998. The molecule has 2 heterocycles. The number of ether oxygens (including phenoxy) is 6. The topological polar surface area (TPSA) is 133 Å². The van der Waals surface area contributed by atoms with Crippen molar-refractivity contribution in [3.8, 4) is 33.8 Å². The number of halogens is 6. The molecule has 0 fully saturated rings. The minimum atomic E-state index is -5.47. The van der Waals surface area contributed by atoms with Crippen molar-refractivity contribution in [2.45, 2.75) is 149 Å².